The Labute approximate surface area is 209 Å². The number of nitrogens with one attached hydrogen (secondary N) is 1. The van der Waals surface area contributed by atoms with Crippen molar-refractivity contribution in [1.29, 1.82) is 0 Å². The van der Waals surface area contributed by atoms with Gasteiger partial charge in [0.05, 0.1) is 16.3 Å². The molecule has 0 spiro atoms. The second-order valence-electron chi connectivity index (χ2n) is 6.83. The number of carbonyl (C=O) groups excluding carboxylic acids is 2. The summed E-state index contributed by atoms with van der Waals surface area (Å²) in [6.45, 7) is 1.72. The van der Waals surface area contributed by atoms with Crippen molar-refractivity contribution in [3.05, 3.63) is 34.6 Å². The van der Waals surface area contributed by atoms with Gasteiger partial charge in [0, 0.05) is 56.5 Å². The number of amides is 1. The monoisotopic (exact) mass is 628 g/mol. The minimum absolute atomic E-state index is 0. The van der Waals surface area contributed by atoms with Gasteiger partial charge < -0.3 is 22.1 Å². The Balaban J connectivity index is 0.00000300. The maximum Gasteiger partial charge on any atom is 0.221 e. The number of aromatic nitrogens is 1. The summed E-state index contributed by atoms with van der Waals surface area (Å²) in [4.78, 5) is 34.1. The van der Waals surface area contributed by atoms with Crippen LogP contribution in [0.4, 0.5) is 0 Å². The van der Waals surface area contributed by atoms with Crippen LogP contribution in [0.25, 0.3) is 15.5 Å². The molecule has 153 valence electrons. The van der Waals surface area contributed by atoms with Gasteiger partial charge in [-0.1, -0.05) is 18.6 Å². The number of aliphatic imine (C=N–C) groups is 1. The largest absolute Gasteiger partial charge is 0.662 e. The van der Waals surface area contributed by atoms with E-state index >= 15 is 0 Å². The van der Waals surface area contributed by atoms with E-state index in [1.54, 1.807) is 0 Å². The number of nitrogens with zero attached hydrogens (tertiary/aromatic N) is 3. The van der Waals surface area contributed by atoms with Crippen molar-refractivity contribution < 1.29 is 53.7 Å². The number of guanidine groups is 1. The van der Waals surface area contributed by atoms with Crippen LogP contribution >= 0.6 is 11.3 Å². The molecule has 5 N–H and O–H groups in total. The van der Waals surface area contributed by atoms with Crippen molar-refractivity contribution in [3.63, 3.8) is 0 Å². The first-order chi connectivity index (χ1) is 13.5. The van der Waals surface area contributed by atoms with E-state index in [0.717, 1.165) is 29.6 Å². The third-order valence-corrected chi connectivity index (χ3v) is 5.72. The van der Waals surface area contributed by atoms with E-state index in [-0.39, 0.29) is 67.6 Å². The molecular formula is C19H25AcN6O2S-. The molecule has 0 aliphatic carbocycles. The molecule has 1 aliphatic heterocycles. The summed E-state index contributed by atoms with van der Waals surface area (Å²) in [5.41, 5.74) is 11.5. The molecule has 1 saturated heterocycles. The molecule has 1 aliphatic rings. The van der Waals surface area contributed by atoms with Crippen LogP contribution in [0.2, 0.25) is 0 Å². The molecule has 1 aromatic carbocycles. The van der Waals surface area contributed by atoms with Gasteiger partial charge in [0.15, 0.2) is 11.0 Å². The maximum atomic E-state index is 13.1. The van der Waals surface area contributed by atoms with Gasteiger partial charge in [0.25, 0.3) is 0 Å². The number of benzene rings is 1. The first kappa shape index (κ1) is 24.2. The standard InChI is InChI=1S/C19H25N6O2S.Ac/c20-19(21)23-10-4-7-14(24-17(27)12-5-3-9-22-11-12)16(26)18-25-13-6-1-2-8-15(13)28-18;/h1-2,6,8,12,14H,3-5,7,9-11H2,(H,24,27)(H4,20,21,23);/q-1;. The maximum absolute atomic E-state index is 13.1. The number of thiazole rings is 1. The van der Waals surface area contributed by atoms with Crippen molar-refractivity contribution in [1.82, 2.24) is 10.3 Å². The van der Waals surface area contributed by atoms with E-state index in [1.807, 2.05) is 24.3 Å². The van der Waals surface area contributed by atoms with Crippen molar-refractivity contribution in [2.45, 2.75) is 31.7 Å². The van der Waals surface area contributed by atoms with Gasteiger partial charge in [-0.2, -0.15) is 0 Å². The minimum Gasteiger partial charge on any atom is -0.662 e. The average molecular weight is 629 g/mol. The Morgan fingerprint density at radius 1 is 1.34 bits per heavy atom. The molecule has 1 amide bonds. The van der Waals surface area contributed by atoms with Crippen molar-refractivity contribution in [2.75, 3.05) is 19.6 Å². The van der Waals surface area contributed by atoms with Gasteiger partial charge >= 0.3 is 0 Å². The van der Waals surface area contributed by atoms with Gasteiger partial charge in [0.1, 0.15) is 0 Å². The number of hydrogen-bond donors (Lipinski definition) is 3. The normalized spacial score (nSPS) is 17.2. The number of para-hydroxylation sites is 1. The molecule has 0 bridgehead atoms. The fourth-order valence-corrected chi connectivity index (χ4v) is 4.15. The second kappa shape index (κ2) is 11.9. The molecule has 0 saturated carbocycles. The zero-order valence-corrected chi connectivity index (χ0v) is 21.8. The Morgan fingerprint density at radius 2 is 2.14 bits per heavy atom. The van der Waals surface area contributed by atoms with E-state index in [0.29, 0.717) is 30.9 Å². The summed E-state index contributed by atoms with van der Waals surface area (Å²) >= 11 is 1.34. The molecule has 1 radical (unpaired) electrons. The molecule has 10 heteroatoms. The van der Waals surface area contributed by atoms with E-state index in [9.17, 15) is 9.59 Å². The fraction of sp³-hybridized carbons (Fsp3) is 0.474. The molecule has 2 unspecified atom stereocenters. The van der Waals surface area contributed by atoms with Gasteiger partial charge in [-0.3, -0.25) is 14.6 Å². The first-order valence-electron chi connectivity index (χ1n) is 9.43. The van der Waals surface area contributed by atoms with Crippen molar-refractivity contribution in [3.8, 4) is 0 Å². The smallest absolute Gasteiger partial charge is 0.221 e. The second-order valence-corrected chi connectivity index (χ2v) is 7.86. The minimum atomic E-state index is -0.649. The number of rotatable bonds is 8. The molecule has 2 aromatic rings. The zero-order chi connectivity index (χ0) is 19.9. The van der Waals surface area contributed by atoms with Crippen LogP contribution < -0.4 is 16.8 Å². The van der Waals surface area contributed by atoms with E-state index in [2.05, 4.69) is 20.6 Å². The molecule has 29 heavy (non-hydrogen) atoms. The SMILES string of the molecule is NC(N)=NCCCC(NC(=O)C1CCC[N-]C1)C(=O)c1nc2ccccc2s1.[Ac]. The molecular weight excluding hydrogens is 603 g/mol. The summed E-state index contributed by atoms with van der Waals surface area (Å²) in [6.07, 6.45) is 2.72. The van der Waals surface area contributed by atoms with Gasteiger partial charge in [-0.15, -0.1) is 24.4 Å². The quantitative estimate of drug-likeness (QED) is 0.177. The molecule has 1 aromatic heterocycles. The van der Waals surface area contributed by atoms with E-state index < -0.39 is 6.04 Å². The van der Waals surface area contributed by atoms with Crippen LogP contribution in [-0.2, 0) is 4.79 Å². The Hall–Kier alpha value is -1.08. The number of Topliss-reactive ketones (excluding diaryl/α,β-unsaturated/α-hetero) is 1. The predicted octanol–water partition coefficient (Wildman–Crippen LogP) is 1.80. The molecule has 2 atom stereocenters. The summed E-state index contributed by atoms with van der Waals surface area (Å²) in [5, 5.41) is 7.64. The number of ketones is 1. The third kappa shape index (κ3) is 6.99. The van der Waals surface area contributed by atoms with Crippen LogP contribution in [0, 0.1) is 50.0 Å². The van der Waals surface area contributed by atoms with Crippen LogP contribution in [0.15, 0.2) is 29.3 Å². The van der Waals surface area contributed by atoms with Crippen LogP contribution in [0.5, 0.6) is 0 Å². The molecule has 1 fully saturated rings. The predicted molar refractivity (Wildman–Crippen MR) is 112 cm³/mol. The first-order valence-corrected chi connectivity index (χ1v) is 10.2. The van der Waals surface area contributed by atoms with Gasteiger partial charge in [-0.25, -0.2) is 4.98 Å². The fourth-order valence-electron chi connectivity index (χ4n) is 3.19. The molecule has 3 rings (SSSR count). The van der Waals surface area contributed by atoms with Gasteiger partial charge in [0.2, 0.25) is 11.7 Å². The number of carbonyl (C=O) groups is 2. The summed E-state index contributed by atoms with van der Waals surface area (Å²) in [7, 11) is 0. The van der Waals surface area contributed by atoms with E-state index in [4.69, 9.17) is 11.5 Å². The third-order valence-electron chi connectivity index (χ3n) is 4.67. The average Bonchev–Trinajstić information content (AvgIpc) is 3.14. The van der Waals surface area contributed by atoms with Crippen LogP contribution in [0.1, 0.15) is 35.5 Å². The Morgan fingerprint density at radius 3 is 2.83 bits per heavy atom. The molecule has 2 heterocycles. The Kier molecular flexibility index (Phi) is 9.96. The zero-order valence-electron chi connectivity index (χ0n) is 16.2. The topological polar surface area (TPSA) is 138 Å². The number of nitrogens with two attached hydrogens (primary N) is 2. The van der Waals surface area contributed by atoms with Crippen molar-refractivity contribution >= 4 is 39.2 Å². The van der Waals surface area contributed by atoms with E-state index in [1.165, 1.54) is 11.3 Å². The van der Waals surface area contributed by atoms with Gasteiger partial charge in [-0.05, 0) is 31.4 Å². The summed E-state index contributed by atoms with van der Waals surface area (Å²) in [6, 6.07) is 6.95. The van der Waals surface area contributed by atoms with Crippen LogP contribution in [-0.4, -0.2) is 48.3 Å². The Bertz CT molecular complexity index is 828. The number of piperidine rings is 1. The molecule has 8 nitrogen and oxygen atoms in total. The summed E-state index contributed by atoms with van der Waals surface area (Å²) < 4.78 is 0.947. The van der Waals surface area contributed by atoms with Crippen LogP contribution in [0.3, 0.4) is 0 Å². The van der Waals surface area contributed by atoms with Crippen molar-refractivity contribution in [2.24, 2.45) is 22.4 Å². The number of hydrogen-bond acceptors (Lipinski definition) is 5. The summed E-state index contributed by atoms with van der Waals surface area (Å²) in [5.74, 6) is -0.448. The number of fused-ring (bicyclic) bond motifs is 1.